The van der Waals surface area contributed by atoms with E-state index in [2.05, 4.69) is 67.8 Å². The summed E-state index contributed by atoms with van der Waals surface area (Å²) in [6, 6.07) is -0.649. The van der Waals surface area contributed by atoms with Gasteiger partial charge in [-0.2, -0.15) is 0 Å². The molecular weight excluding hydrogens is 711 g/mol. The van der Waals surface area contributed by atoms with Crippen molar-refractivity contribution in [1.29, 1.82) is 0 Å². The van der Waals surface area contributed by atoms with Gasteiger partial charge in [0.25, 0.3) is 0 Å². The lowest BCUT2D eigenvalue weighted by atomic mass is 10.0. The molecule has 4 nitrogen and oxygen atoms in total. The Labute approximate surface area is 362 Å². The molecule has 0 bridgehead atoms. The number of carbonyl (C=O) groups is 1. The van der Waals surface area contributed by atoms with E-state index in [0.29, 0.717) is 6.42 Å². The van der Waals surface area contributed by atoms with Gasteiger partial charge in [0.05, 0.1) is 18.8 Å². The predicted molar refractivity (Wildman–Crippen MR) is 258 cm³/mol. The van der Waals surface area contributed by atoms with Crippen LogP contribution in [-0.2, 0) is 4.79 Å². The average Bonchev–Trinajstić information content (AvgIpc) is 3.23. The lowest BCUT2D eigenvalue weighted by Gasteiger charge is -2.19. The van der Waals surface area contributed by atoms with Gasteiger partial charge in [0.15, 0.2) is 0 Å². The molecule has 0 spiro atoms. The number of rotatable bonds is 46. The zero-order valence-corrected chi connectivity index (χ0v) is 38.8. The summed E-state index contributed by atoms with van der Waals surface area (Å²) in [6.07, 6.45) is 69.3. The van der Waals surface area contributed by atoms with Crippen molar-refractivity contribution >= 4 is 5.91 Å². The van der Waals surface area contributed by atoms with Crippen molar-refractivity contribution in [3.05, 3.63) is 60.8 Å². The molecule has 0 heterocycles. The fourth-order valence-corrected chi connectivity index (χ4v) is 7.55. The molecule has 0 aromatic heterocycles. The zero-order valence-electron chi connectivity index (χ0n) is 38.8. The van der Waals surface area contributed by atoms with Gasteiger partial charge in [-0.05, 0) is 70.6 Å². The number of hydrogen-bond acceptors (Lipinski definition) is 3. The van der Waals surface area contributed by atoms with Crippen LogP contribution < -0.4 is 5.32 Å². The highest BCUT2D eigenvalue weighted by molar-refractivity contribution is 5.76. The Morgan fingerprint density at radius 2 is 0.724 bits per heavy atom. The van der Waals surface area contributed by atoms with Gasteiger partial charge < -0.3 is 15.5 Å². The maximum absolute atomic E-state index is 12.4. The summed E-state index contributed by atoms with van der Waals surface area (Å²) >= 11 is 0. The molecule has 0 radical (unpaired) electrons. The average molecular weight is 810 g/mol. The Morgan fingerprint density at radius 1 is 0.414 bits per heavy atom. The molecule has 58 heavy (non-hydrogen) atoms. The van der Waals surface area contributed by atoms with Crippen LogP contribution in [0.1, 0.15) is 258 Å². The second kappa shape index (κ2) is 49.5. The molecule has 0 aliphatic rings. The van der Waals surface area contributed by atoms with Crippen molar-refractivity contribution in [3.63, 3.8) is 0 Å². The van der Waals surface area contributed by atoms with Crippen LogP contribution in [0.15, 0.2) is 60.8 Å². The normalized spacial score (nSPS) is 13.4. The van der Waals surface area contributed by atoms with E-state index in [1.165, 1.54) is 180 Å². The van der Waals surface area contributed by atoms with Gasteiger partial charge in [0.1, 0.15) is 0 Å². The minimum atomic E-state index is -0.871. The molecule has 0 saturated carbocycles. The Kier molecular flexibility index (Phi) is 47.8. The lowest BCUT2D eigenvalue weighted by molar-refractivity contribution is -0.123. The first-order valence-corrected chi connectivity index (χ1v) is 25.5. The fourth-order valence-electron chi connectivity index (χ4n) is 7.55. The summed E-state index contributed by atoms with van der Waals surface area (Å²) in [5, 5.41) is 23.1. The first kappa shape index (κ1) is 56.1. The van der Waals surface area contributed by atoms with Crippen LogP contribution in [0.3, 0.4) is 0 Å². The summed E-state index contributed by atoms with van der Waals surface area (Å²) in [6.45, 7) is 4.28. The summed E-state index contributed by atoms with van der Waals surface area (Å²) in [5.74, 6) is -0.0863. The maximum atomic E-state index is 12.4. The number of aliphatic hydroxyl groups excluding tert-OH is 2. The van der Waals surface area contributed by atoms with E-state index in [1.54, 1.807) is 6.08 Å². The maximum Gasteiger partial charge on any atom is 0.220 e. The number of amides is 1. The van der Waals surface area contributed by atoms with Crippen LogP contribution in [0.2, 0.25) is 0 Å². The van der Waals surface area contributed by atoms with Crippen molar-refractivity contribution in [3.8, 4) is 0 Å². The third kappa shape index (κ3) is 45.2. The molecule has 0 saturated heterocycles. The summed E-state index contributed by atoms with van der Waals surface area (Å²) in [5.41, 5.74) is 0. The summed E-state index contributed by atoms with van der Waals surface area (Å²) in [7, 11) is 0. The Balaban J connectivity index is 3.58. The van der Waals surface area contributed by atoms with E-state index in [0.717, 1.165) is 57.8 Å². The quantitative estimate of drug-likeness (QED) is 0.0424. The van der Waals surface area contributed by atoms with Crippen LogP contribution in [0.5, 0.6) is 0 Å². The molecule has 4 heteroatoms. The molecule has 0 fully saturated rings. The van der Waals surface area contributed by atoms with Crippen molar-refractivity contribution in [2.45, 2.75) is 270 Å². The second-order valence-corrected chi connectivity index (χ2v) is 17.2. The molecule has 2 atom stereocenters. The second-order valence-electron chi connectivity index (χ2n) is 17.2. The summed E-state index contributed by atoms with van der Waals surface area (Å²) < 4.78 is 0. The molecule has 0 aromatic rings. The van der Waals surface area contributed by atoms with E-state index >= 15 is 0 Å². The molecular formula is C54H99NO3. The summed E-state index contributed by atoms with van der Waals surface area (Å²) in [4.78, 5) is 12.4. The van der Waals surface area contributed by atoms with Crippen molar-refractivity contribution in [2.75, 3.05) is 6.61 Å². The molecule has 0 aliphatic heterocycles. The molecule has 0 aliphatic carbocycles. The number of carbonyl (C=O) groups excluding carboxylic acids is 1. The number of allylic oxidation sites excluding steroid dienone is 9. The highest BCUT2D eigenvalue weighted by Crippen LogP contribution is 2.16. The van der Waals surface area contributed by atoms with Crippen LogP contribution in [0.4, 0.5) is 0 Å². The van der Waals surface area contributed by atoms with Gasteiger partial charge in [0, 0.05) is 6.42 Å². The van der Waals surface area contributed by atoms with Gasteiger partial charge in [-0.3, -0.25) is 4.79 Å². The highest BCUT2D eigenvalue weighted by Gasteiger charge is 2.17. The van der Waals surface area contributed by atoms with Gasteiger partial charge in [0.2, 0.25) is 5.91 Å². The topological polar surface area (TPSA) is 69.6 Å². The Morgan fingerprint density at radius 3 is 1.16 bits per heavy atom. The highest BCUT2D eigenvalue weighted by atomic mass is 16.3. The van der Waals surface area contributed by atoms with Gasteiger partial charge in [-0.25, -0.2) is 0 Å². The van der Waals surface area contributed by atoms with Crippen molar-refractivity contribution < 1.29 is 15.0 Å². The molecule has 2 unspecified atom stereocenters. The van der Waals surface area contributed by atoms with E-state index in [1.807, 2.05) is 6.08 Å². The monoisotopic (exact) mass is 810 g/mol. The van der Waals surface area contributed by atoms with E-state index in [9.17, 15) is 15.0 Å². The lowest BCUT2D eigenvalue weighted by Crippen LogP contribution is -2.45. The van der Waals surface area contributed by atoms with E-state index in [4.69, 9.17) is 0 Å². The zero-order chi connectivity index (χ0) is 42.1. The molecule has 1 amide bonds. The van der Waals surface area contributed by atoms with Crippen molar-refractivity contribution in [1.82, 2.24) is 5.32 Å². The number of hydrogen-bond donors (Lipinski definition) is 3. The largest absolute Gasteiger partial charge is 0.394 e. The first-order valence-electron chi connectivity index (χ1n) is 25.5. The smallest absolute Gasteiger partial charge is 0.220 e. The van der Waals surface area contributed by atoms with Crippen molar-refractivity contribution in [2.24, 2.45) is 0 Å². The minimum absolute atomic E-state index is 0.0863. The van der Waals surface area contributed by atoms with Crippen LogP contribution >= 0.6 is 0 Å². The number of unbranched alkanes of at least 4 members (excludes halogenated alkanes) is 31. The standard InChI is InChI=1S/C54H99NO3/c1-3-5-7-9-11-13-15-17-19-21-23-24-25-26-27-28-29-30-32-33-35-37-39-41-43-45-47-49-53(57)52(51-56)55-54(58)50-48-46-44-42-40-38-36-34-31-22-20-18-16-14-12-10-8-6-4-2/h12,14,18,20,31,34,39,41,47,49,52-53,56-57H,3-11,13,15-17,19,21-30,32-33,35-38,40,42-46,48,50-51H2,1-2H3,(H,55,58)/b14-12-,20-18-,34-31-,41-39+,49-47+. The van der Waals surface area contributed by atoms with Gasteiger partial charge in [-0.15, -0.1) is 0 Å². The molecule has 338 valence electrons. The molecule has 3 N–H and O–H groups in total. The van der Waals surface area contributed by atoms with Gasteiger partial charge in [-0.1, -0.05) is 242 Å². The minimum Gasteiger partial charge on any atom is -0.394 e. The Bertz CT molecular complexity index is 965. The van der Waals surface area contributed by atoms with E-state index in [-0.39, 0.29) is 12.5 Å². The fraction of sp³-hybridized carbons (Fsp3) is 0.796. The number of aliphatic hydroxyl groups is 2. The van der Waals surface area contributed by atoms with E-state index < -0.39 is 12.1 Å². The Hall–Kier alpha value is -1.91. The van der Waals surface area contributed by atoms with Gasteiger partial charge >= 0.3 is 0 Å². The third-order valence-electron chi connectivity index (χ3n) is 11.5. The molecule has 0 rings (SSSR count). The predicted octanol–water partition coefficient (Wildman–Crippen LogP) is 16.5. The number of nitrogens with one attached hydrogen (secondary N) is 1. The SMILES string of the molecule is CCCCC/C=C\C/C=C\C/C=C\CCCCCCCCC(=O)NC(CO)C(O)/C=C/CC/C=C/CCCCCCCCCCCCCCCCCCCCCCC. The first-order chi connectivity index (χ1) is 28.7. The van der Waals surface area contributed by atoms with Crippen LogP contribution in [0, 0.1) is 0 Å². The van der Waals surface area contributed by atoms with Crippen LogP contribution in [0.25, 0.3) is 0 Å². The van der Waals surface area contributed by atoms with Crippen LogP contribution in [-0.4, -0.2) is 34.9 Å². The third-order valence-corrected chi connectivity index (χ3v) is 11.5. The molecule has 0 aromatic carbocycles.